The molecule has 106 valence electrons. The first-order valence-electron chi connectivity index (χ1n) is 6.52. The van der Waals surface area contributed by atoms with Gasteiger partial charge in [-0.3, -0.25) is 9.69 Å². The van der Waals surface area contributed by atoms with Crippen LogP contribution in [0.25, 0.3) is 0 Å². The van der Waals surface area contributed by atoms with Crippen molar-refractivity contribution in [1.29, 1.82) is 5.26 Å². The van der Waals surface area contributed by atoms with Crippen LogP contribution < -0.4 is 0 Å². The van der Waals surface area contributed by atoms with Crippen LogP contribution in [0.5, 0.6) is 0 Å². The van der Waals surface area contributed by atoms with E-state index in [-0.39, 0.29) is 11.5 Å². The average Bonchev–Trinajstić information content (AvgIpc) is 2.47. The molecule has 0 unspecified atom stereocenters. The van der Waals surface area contributed by atoms with Crippen molar-refractivity contribution in [2.75, 3.05) is 26.2 Å². The third-order valence-electron chi connectivity index (χ3n) is 3.62. The van der Waals surface area contributed by atoms with E-state index in [2.05, 4.69) is 11.1 Å². The largest absolute Gasteiger partial charge is 0.336 e. The van der Waals surface area contributed by atoms with Gasteiger partial charge in [0.1, 0.15) is 5.54 Å². The Labute approximate surface area is 117 Å². The third-order valence-corrected chi connectivity index (χ3v) is 3.62. The summed E-state index contributed by atoms with van der Waals surface area (Å²) in [6.45, 7) is 5.88. The molecule has 6 heteroatoms. The number of halogens is 1. The molecule has 2 heterocycles. The molecule has 0 N–H and O–H groups in total. The van der Waals surface area contributed by atoms with Crippen molar-refractivity contribution in [2.24, 2.45) is 0 Å². The molecule has 1 fully saturated rings. The van der Waals surface area contributed by atoms with Gasteiger partial charge in [-0.05, 0) is 26.0 Å². The van der Waals surface area contributed by atoms with Crippen molar-refractivity contribution < 1.29 is 9.18 Å². The first-order valence-corrected chi connectivity index (χ1v) is 6.52. The van der Waals surface area contributed by atoms with E-state index in [1.54, 1.807) is 11.0 Å². The minimum Gasteiger partial charge on any atom is -0.336 e. The summed E-state index contributed by atoms with van der Waals surface area (Å²) < 4.78 is 13.5. The first kappa shape index (κ1) is 14.4. The average molecular weight is 276 g/mol. The Balaban J connectivity index is 2.03. The number of nitrogens with zero attached hydrogens (tertiary/aromatic N) is 4. The van der Waals surface area contributed by atoms with Gasteiger partial charge in [-0.1, -0.05) is 0 Å². The molecule has 0 radical (unpaired) electrons. The van der Waals surface area contributed by atoms with Crippen LogP contribution in [0.4, 0.5) is 4.39 Å². The molecule has 0 bridgehead atoms. The molecule has 1 amide bonds. The smallest absolute Gasteiger partial charge is 0.258 e. The first-order chi connectivity index (χ1) is 9.45. The lowest BCUT2D eigenvalue weighted by atomic mass is 10.0. The summed E-state index contributed by atoms with van der Waals surface area (Å²) in [5.74, 6) is -1.08. The molecule has 1 aromatic heterocycles. The van der Waals surface area contributed by atoms with Gasteiger partial charge in [-0.2, -0.15) is 9.65 Å². The highest BCUT2D eigenvalue weighted by Gasteiger charge is 2.31. The Morgan fingerprint density at radius 2 is 2.05 bits per heavy atom. The number of piperazine rings is 1. The molecule has 1 aliphatic rings. The molecule has 0 aliphatic carbocycles. The van der Waals surface area contributed by atoms with E-state index in [4.69, 9.17) is 5.26 Å². The van der Waals surface area contributed by atoms with Crippen LogP contribution in [-0.2, 0) is 0 Å². The van der Waals surface area contributed by atoms with E-state index in [9.17, 15) is 9.18 Å². The standard InChI is InChI=1S/C14H17FN4O/c1-14(2,10-16)19-8-6-18(7-9-19)13(20)11-4-3-5-17-12(11)15/h3-5H,6-9H2,1-2H3. The molecule has 1 saturated heterocycles. The zero-order chi connectivity index (χ0) is 14.8. The monoisotopic (exact) mass is 276 g/mol. The zero-order valence-electron chi connectivity index (χ0n) is 11.6. The Hall–Kier alpha value is -2.00. The fourth-order valence-corrected chi connectivity index (χ4v) is 2.26. The summed E-state index contributed by atoms with van der Waals surface area (Å²) in [6, 6.07) is 5.24. The Morgan fingerprint density at radius 3 is 2.60 bits per heavy atom. The molecule has 0 saturated carbocycles. The van der Waals surface area contributed by atoms with Gasteiger partial charge in [-0.25, -0.2) is 4.98 Å². The third kappa shape index (κ3) is 2.78. The highest BCUT2D eigenvalue weighted by molar-refractivity contribution is 5.94. The SMILES string of the molecule is CC(C)(C#N)N1CCN(C(=O)c2cccnc2F)CC1. The highest BCUT2D eigenvalue weighted by atomic mass is 19.1. The van der Waals surface area contributed by atoms with Crippen molar-refractivity contribution in [2.45, 2.75) is 19.4 Å². The van der Waals surface area contributed by atoms with Crippen molar-refractivity contribution >= 4 is 5.91 Å². The normalized spacial score (nSPS) is 16.8. The Bertz CT molecular complexity index is 544. The Morgan fingerprint density at radius 1 is 1.40 bits per heavy atom. The number of aromatic nitrogens is 1. The van der Waals surface area contributed by atoms with E-state index >= 15 is 0 Å². The van der Waals surface area contributed by atoms with Crippen LogP contribution in [0.15, 0.2) is 18.3 Å². The second-order valence-electron chi connectivity index (χ2n) is 5.29. The molecule has 1 aromatic rings. The van der Waals surface area contributed by atoms with Crippen LogP contribution >= 0.6 is 0 Å². The van der Waals surface area contributed by atoms with Crippen LogP contribution in [0.3, 0.4) is 0 Å². The minimum absolute atomic E-state index is 0.000457. The summed E-state index contributed by atoms with van der Waals surface area (Å²) in [5, 5.41) is 9.11. The van der Waals surface area contributed by atoms with Gasteiger partial charge in [0.25, 0.3) is 5.91 Å². The number of carbonyl (C=O) groups excluding carboxylic acids is 1. The van der Waals surface area contributed by atoms with Gasteiger partial charge in [0.2, 0.25) is 5.95 Å². The topological polar surface area (TPSA) is 60.2 Å². The number of pyridine rings is 1. The summed E-state index contributed by atoms with van der Waals surface area (Å²) in [6.07, 6.45) is 1.32. The van der Waals surface area contributed by atoms with E-state index in [1.807, 2.05) is 18.7 Å². The lowest BCUT2D eigenvalue weighted by molar-refractivity contribution is 0.0516. The molecule has 5 nitrogen and oxygen atoms in total. The maximum Gasteiger partial charge on any atom is 0.258 e. The van der Waals surface area contributed by atoms with Gasteiger partial charge >= 0.3 is 0 Å². The zero-order valence-corrected chi connectivity index (χ0v) is 11.6. The molecular formula is C14H17FN4O. The summed E-state index contributed by atoms with van der Waals surface area (Å²) in [5.41, 5.74) is -0.546. The maximum atomic E-state index is 13.5. The van der Waals surface area contributed by atoms with Gasteiger partial charge in [-0.15, -0.1) is 0 Å². The highest BCUT2D eigenvalue weighted by Crippen LogP contribution is 2.17. The quantitative estimate of drug-likeness (QED) is 0.763. The maximum absolute atomic E-state index is 13.5. The van der Waals surface area contributed by atoms with Gasteiger partial charge < -0.3 is 4.90 Å². The van der Waals surface area contributed by atoms with E-state index in [1.165, 1.54) is 12.3 Å². The van der Waals surface area contributed by atoms with E-state index in [0.29, 0.717) is 26.2 Å². The number of rotatable bonds is 2. The van der Waals surface area contributed by atoms with Crippen molar-refractivity contribution in [3.8, 4) is 6.07 Å². The summed E-state index contributed by atoms with van der Waals surface area (Å²) in [4.78, 5) is 19.3. The number of carbonyl (C=O) groups is 1. The van der Waals surface area contributed by atoms with Gasteiger partial charge in [0.15, 0.2) is 0 Å². The van der Waals surface area contributed by atoms with Crippen LogP contribution in [0, 0.1) is 17.3 Å². The molecule has 1 aliphatic heterocycles. The number of hydrogen-bond donors (Lipinski definition) is 0. The van der Waals surface area contributed by atoms with Crippen molar-refractivity contribution in [3.63, 3.8) is 0 Å². The lowest BCUT2D eigenvalue weighted by Gasteiger charge is -2.40. The van der Waals surface area contributed by atoms with Crippen LogP contribution in [-0.4, -0.2) is 52.4 Å². The lowest BCUT2D eigenvalue weighted by Crippen LogP contribution is -2.55. The molecule has 20 heavy (non-hydrogen) atoms. The summed E-state index contributed by atoms with van der Waals surface area (Å²) >= 11 is 0. The van der Waals surface area contributed by atoms with Crippen molar-refractivity contribution in [1.82, 2.24) is 14.8 Å². The molecule has 2 rings (SSSR count). The second kappa shape index (κ2) is 5.55. The second-order valence-corrected chi connectivity index (χ2v) is 5.29. The van der Waals surface area contributed by atoms with Gasteiger partial charge in [0.05, 0.1) is 11.6 Å². The van der Waals surface area contributed by atoms with E-state index < -0.39 is 11.5 Å². The summed E-state index contributed by atoms with van der Waals surface area (Å²) in [7, 11) is 0. The molecule has 0 spiro atoms. The molecular weight excluding hydrogens is 259 g/mol. The van der Waals surface area contributed by atoms with E-state index in [0.717, 1.165) is 0 Å². The minimum atomic E-state index is -0.739. The number of hydrogen-bond acceptors (Lipinski definition) is 4. The Kier molecular flexibility index (Phi) is 4.00. The fraction of sp³-hybridized carbons (Fsp3) is 0.500. The molecule has 0 atom stereocenters. The van der Waals surface area contributed by atoms with Gasteiger partial charge in [0, 0.05) is 32.4 Å². The van der Waals surface area contributed by atoms with Crippen molar-refractivity contribution in [3.05, 3.63) is 29.8 Å². The van der Waals surface area contributed by atoms with Crippen LogP contribution in [0.1, 0.15) is 24.2 Å². The van der Waals surface area contributed by atoms with Crippen LogP contribution in [0.2, 0.25) is 0 Å². The number of nitriles is 1. The predicted octanol–water partition coefficient (Wildman–Crippen LogP) is 1.28. The molecule has 0 aromatic carbocycles. The number of amides is 1. The fourth-order valence-electron chi connectivity index (χ4n) is 2.26. The predicted molar refractivity (Wildman–Crippen MR) is 71.4 cm³/mol.